The fraction of sp³-hybridized carbons (Fsp3) is 0. The summed E-state index contributed by atoms with van der Waals surface area (Å²) in [5, 5.41) is 0.520. The van der Waals surface area contributed by atoms with Crippen molar-refractivity contribution in [3.05, 3.63) is 38.1 Å². The summed E-state index contributed by atoms with van der Waals surface area (Å²) in [5.74, 6) is 0. The lowest BCUT2D eigenvalue weighted by atomic mass is 10.3. The van der Waals surface area contributed by atoms with Crippen molar-refractivity contribution in [2.24, 2.45) is 0 Å². The van der Waals surface area contributed by atoms with Crippen LogP contribution in [-0.4, -0.2) is 15.0 Å². The number of hydrogen-bond acceptors (Lipinski definition) is 4. The van der Waals surface area contributed by atoms with Gasteiger partial charge >= 0.3 is 5.69 Å². The van der Waals surface area contributed by atoms with Gasteiger partial charge in [-0.1, -0.05) is 11.6 Å². The second kappa shape index (κ2) is 4.14. The Kier molecular flexibility index (Phi) is 2.94. The Morgan fingerprint density at radius 1 is 1.24 bits per heavy atom. The first-order valence-electron chi connectivity index (χ1n) is 4.36. The molecule has 0 saturated carbocycles. The van der Waals surface area contributed by atoms with Crippen LogP contribution in [0, 0.1) is 0 Å². The van der Waals surface area contributed by atoms with Crippen LogP contribution in [0.4, 0.5) is 0 Å². The number of halogens is 2. The number of aromatic amines is 2. The molecule has 3 aromatic rings. The van der Waals surface area contributed by atoms with E-state index in [1.54, 1.807) is 6.07 Å². The van der Waals surface area contributed by atoms with Crippen molar-refractivity contribution >= 4 is 55.8 Å². The average Bonchev–Trinajstić information content (AvgIpc) is 2.59. The summed E-state index contributed by atoms with van der Waals surface area (Å²) in [4.78, 5) is 31.5. The first-order chi connectivity index (χ1) is 7.66. The van der Waals surface area contributed by atoms with Gasteiger partial charge in [0, 0.05) is 6.20 Å². The number of nitrogens with one attached hydrogen (secondary N) is 2. The number of aromatic nitrogens is 3. The van der Waals surface area contributed by atoms with Gasteiger partial charge in [0.2, 0.25) is 0 Å². The maximum absolute atomic E-state index is 11.5. The molecule has 0 amide bonds. The minimum absolute atomic E-state index is 0. The lowest BCUT2D eigenvalue weighted by molar-refractivity contribution is 1.09. The van der Waals surface area contributed by atoms with E-state index in [0.717, 1.165) is 0 Å². The van der Waals surface area contributed by atoms with Crippen molar-refractivity contribution in [2.75, 3.05) is 0 Å². The maximum Gasteiger partial charge on any atom is 0.326 e. The van der Waals surface area contributed by atoms with Crippen LogP contribution >= 0.6 is 35.3 Å². The molecule has 0 aliphatic heterocycles. The van der Waals surface area contributed by atoms with Crippen molar-refractivity contribution in [3.8, 4) is 0 Å². The second-order valence-electron chi connectivity index (χ2n) is 3.18. The molecule has 0 spiro atoms. The Labute approximate surface area is 109 Å². The smallest absolute Gasteiger partial charge is 0.304 e. The molecule has 0 bridgehead atoms. The third-order valence-electron chi connectivity index (χ3n) is 2.20. The summed E-state index contributed by atoms with van der Waals surface area (Å²) in [6, 6.07) is 1.64. The molecule has 0 aliphatic carbocycles. The number of pyridine rings is 1. The predicted octanol–water partition coefficient (Wildman–Crippen LogP) is 1.90. The summed E-state index contributed by atoms with van der Waals surface area (Å²) < 4.78 is 1.13. The third kappa shape index (κ3) is 1.74. The predicted molar refractivity (Wildman–Crippen MR) is 70.6 cm³/mol. The van der Waals surface area contributed by atoms with E-state index in [-0.39, 0.29) is 12.4 Å². The van der Waals surface area contributed by atoms with Crippen LogP contribution in [0.2, 0.25) is 5.02 Å². The van der Waals surface area contributed by atoms with E-state index in [2.05, 4.69) is 15.0 Å². The molecule has 8 heteroatoms. The number of nitrogens with zero attached hydrogens (tertiary/aromatic N) is 1. The van der Waals surface area contributed by atoms with Gasteiger partial charge in [0.05, 0.1) is 15.2 Å². The van der Waals surface area contributed by atoms with E-state index in [0.29, 0.717) is 25.5 Å². The van der Waals surface area contributed by atoms with Crippen molar-refractivity contribution in [3.63, 3.8) is 0 Å². The molecule has 0 atom stereocenters. The molecule has 3 rings (SSSR count). The van der Waals surface area contributed by atoms with Crippen molar-refractivity contribution in [1.82, 2.24) is 15.0 Å². The van der Waals surface area contributed by atoms with Gasteiger partial charge in [-0.2, -0.15) is 0 Å². The van der Waals surface area contributed by atoms with Gasteiger partial charge in [-0.3, -0.25) is 14.8 Å². The summed E-state index contributed by atoms with van der Waals surface area (Å²) >= 11 is 7.20. The van der Waals surface area contributed by atoms with Gasteiger partial charge in [0.25, 0.3) is 5.56 Å². The molecule has 2 N–H and O–H groups in total. The Hall–Kier alpha value is -1.37. The maximum atomic E-state index is 11.5. The topological polar surface area (TPSA) is 78.6 Å². The highest BCUT2D eigenvalue weighted by atomic mass is 35.5. The van der Waals surface area contributed by atoms with Crippen molar-refractivity contribution in [1.29, 1.82) is 0 Å². The molecular formula is C9H5Cl2N3O2S. The zero-order valence-electron chi connectivity index (χ0n) is 8.11. The molecular weight excluding hydrogens is 285 g/mol. The van der Waals surface area contributed by atoms with E-state index in [4.69, 9.17) is 11.6 Å². The number of hydrogen-bond donors (Lipinski definition) is 2. The first-order valence-corrected chi connectivity index (χ1v) is 5.55. The molecule has 0 fully saturated rings. The van der Waals surface area contributed by atoms with E-state index in [1.807, 2.05) is 0 Å². The van der Waals surface area contributed by atoms with Gasteiger partial charge in [0.15, 0.2) is 0 Å². The van der Waals surface area contributed by atoms with E-state index in [9.17, 15) is 9.59 Å². The standard InChI is InChI=1S/C9H4ClN3O2S.ClH/c10-3-1-2-11-4-5-7(16-6(3)4)8(14)13-9(15)12-5;/h1-2H,(H2,12,13,14,15);1H. The molecule has 0 radical (unpaired) electrons. The third-order valence-corrected chi connectivity index (χ3v) is 3.83. The minimum atomic E-state index is -0.543. The van der Waals surface area contributed by atoms with Crippen LogP contribution in [0.25, 0.3) is 20.4 Å². The SMILES string of the molecule is Cl.O=c1[nH]c(=O)c2sc3c(Cl)ccnc3c2[nH]1. The highest BCUT2D eigenvalue weighted by Gasteiger charge is 2.12. The zero-order chi connectivity index (χ0) is 11.3. The number of rotatable bonds is 0. The van der Waals surface area contributed by atoms with Crippen LogP contribution in [0.5, 0.6) is 0 Å². The first kappa shape index (κ1) is 12.1. The van der Waals surface area contributed by atoms with Gasteiger partial charge in [-0.15, -0.1) is 23.7 Å². The monoisotopic (exact) mass is 289 g/mol. The van der Waals surface area contributed by atoms with Crippen LogP contribution in [0.15, 0.2) is 21.9 Å². The number of H-pyrrole nitrogens is 2. The van der Waals surface area contributed by atoms with E-state index >= 15 is 0 Å². The highest BCUT2D eigenvalue weighted by molar-refractivity contribution is 7.26. The van der Waals surface area contributed by atoms with Gasteiger partial charge in [-0.25, -0.2) is 4.79 Å². The fourth-order valence-electron chi connectivity index (χ4n) is 1.54. The zero-order valence-corrected chi connectivity index (χ0v) is 10.5. The van der Waals surface area contributed by atoms with Crippen LogP contribution in [-0.2, 0) is 0 Å². The lowest BCUT2D eigenvalue weighted by Crippen LogP contribution is -2.20. The normalized spacial score (nSPS) is 10.6. The van der Waals surface area contributed by atoms with E-state index in [1.165, 1.54) is 17.5 Å². The molecule has 5 nitrogen and oxygen atoms in total. The van der Waals surface area contributed by atoms with E-state index < -0.39 is 11.2 Å². The largest absolute Gasteiger partial charge is 0.326 e. The molecule has 17 heavy (non-hydrogen) atoms. The molecule has 0 saturated heterocycles. The summed E-state index contributed by atoms with van der Waals surface area (Å²) in [6.45, 7) is 0. The van der Waals surface area contributed by atoms with Crippen LogP contribution in [0.3, 0.4) is 0 Å². The molecule has 3 heterocycles. The van der Waals surface area contributed by atoms with Gasteiger partial charge < -0.3 is 4.98 Å². The Balaban J connectivity index is 0.00000108. The summed E-state index contributed by atoms with van der Waals surface area (Å²) in [6.07, 6.45) is 1.54. The fourth-order valence-corrected chi connectivity index (χ4v) is 2.82. The van der Waals surface area contributed by atoms with Crippen LogP contribution < -0.4 is 11.2 Å². The van der Waals surface area contributed by atoms with Gasteiger partial charge in [0.1, 0.15) is 10.2 Å². The Bertz CT molecular complexity index is 820. The number of thiophene rings is 1. The van der Waals surface area contributed by atoms with Crippen molar-refractivity contribution in [2.45, 2.75) is 0 Å². The number of fused-ring (bicyclic) bond motifs is 3. The molecule has 0 aliphatic rings. The minimum Gasteiger partial charge on any atom is -0.304 e. The molecule has 3 aromatic heterocycles. The average molecular weight is 290 g/mol. The van der Waals surface area contributed by atoms with Crippen LogP contribution in [0.1, 0.15) is 0 Å². The molecule has 0 unspecified atom stereocenters. The Morgan fingerprint density at radius 3 is 2.76 bits per heavy atom. The summed E-state index contributed by atoms with van der Waals surface area (Å²) in [7, 11) is 0. The highest BCUT2D eigenvalue weighted by Crippen LogP contribution is 2.32. The van der Waals surface area contributed by atoms with Gasteiger partial charge in [-0.05, 0) is 6.07 Å². The lowest BCUT2D eigenvalue weighted by Gasteiger charge is -1.91. The van der Waals surface area contributed by atoms with Crippen molar-refractivity contribution < 1.29 is 0 Å². The quantitative estimate of drug-likeness (QED) is 0.663. The summed E-state index contributed by atoms with van der Waals surface area (Å²) in [5.41, 5.74) is 0.0312. The molecule has 0 aromatic carbocycles. The second-order valence-corrected chi connectivity index (χ2v) is 4.61. The Morgan fingerprint density at radius 2 is 2.00 bits per heavy atom. The molecule has 88 valence electrons.